The molecule has 2 aromatic carbocycles. The molecule has 2 N–H and O–H groups in total. The summed E-state index contributed by atoms with van der Waals surface area (Å²) in [4.78, 5) is 21.6. The Morgan fingerprint density at radius 2 is 1.62 bits per heavy atom. The molecule has 0 aromatic heterocycles. The van der Waals surface area contributed by atoms with E-state index in [1.165, 1.54) is 0 Å². The minimum absolute atomic E-state index is 0.222. The molecule has 0 unspecified atom stereocenters. The second kappa shape index (κ2) is 9.25. The molecule has 2 rings (SSSR count). The van der Waals surface area contributed by atoms with Crippen molar-refractivity contribution in [1.82, 2.24) is 5.32 Å². The molecule has 0 fully saturated rings. The van der Waals surface area contributed by atoms with E-state index in [4.69, 9.17) is 46.4 Å². The van der Waals surface area contributed by atoms with Crippen molar-refractivity contribution >= 4 is 64.0 Å². The molecular weight excluding hydrogens is 486 g/mol. The highest BCUT2D eigenvalue weighted by Crippen LogP contribution is 2.38. The number of halogens is 8. The third-order valence-corrected chi connectivity index (χ3v) is 4.30. The SMILES string of the molecule is O=C(NC(=O)c1c(F)cccc1F)Nc1cc(Cl)c(OC(F)(F)C(Cl)Cl)cc1Cl. The van der Waals surface area contributed by atoms with Gasteiger partial charge in [0.15, 0.2) is 0 Å². The zero-order valence-corrected chi connectivity index (χ0v) is 16.7. The predicted octanol–water partition coefficient (Wildman–Crippen LogP) is 6.01. The Morgan fingerprint density at radius 3 is 2.17 bits per heavy atom. The fourth-order valence-electron chi connectivity index (χ4n) is 1.93. The standard InChI is InChI=1S/C16H8Cl4F4N2O3/c17-6-5-11(29-16(23,24)14(19)20)7(18)4-10(6)25-15(28)26-13(27)12-8(21)2-1-3-9(12)22/h1-5,14H,(H2,25,26,27,28). The molecule has 5 nitrogen and oxygen atoms in total. The molecule has 0 saturated heterocycles. The molecule has 0 radical (unpaired) electrons. The van der Waals surface area contributed by atoms with Crippen LogP contribution in [-0.4, -0.2) is 22.9 Å². The van der Waals surface area contributed by atoms with Crippen molar-refractivity contribution in [1.29, 1.82) is 0 Å². The van der Waals surface area contributed by atoms with Crippen LogP contribution in [0.1, 0.15) is 10.4 Å². The number of carbonyl (C=O) groups excluding carboxylic acids is 2. The molecule has 3 amide bonds. The molecule has 29 heavy (non-hydrogen) atoms. The monoisotopic (exact) mass is 492 g/mol. The minimum atomic E-state index is -3.99. The number of hydrogen-bond acceptors (Lipinski definition) is 3. The lowest BCUT2D eigenvalue weighted by Gasteiger charge is -2.20. The molecule has 0 atom stereocenters. The highest BCUT2D eigenvalue weighted by atomic mass is 35.5. The summed E-state index contributed by atoms with van der Waals surface area (Å²) in [6.45, 7) is 0. The summed E-state index contributed by atoms with van der Waals surface area (Å²) in [5, 5.41) is 3.03. The third kappa shape index (κ3) is 5.79. The van der Waals surface area contributed by atoms with Crippen molar-refractivity contribution in [2.45, 2.75) is 10.9 Å². The average Bonchev–Trinajstić information content (AvgIpc) is 2.58. The normalized spacial score (nSPS) is 11.3. The van der Waals surface area contributed by atoms with E-state index in [1.807, 2.05) is 0 Å². The lowest BCUT2D eigenvalue weighted by atomic mass is 10.2. The summed E-state index contributed by atoms with van der Waals surface area (Å²) < 4.78 is 58.4. The van der Waals surface area contributed by atoms with Gasteiger partial charge >= 0.3 is 12.1 Å². The Labute approximate surface area is 180 Å². The maximum absolute atomic E-state index is 13.6. The van der Waals surface area contributed by atoms with Gasteiger partial charge < -0.3 is 10.1 Å². The van der Waals surface area contributed by atoms with Gasteiger partial charge in [-0.15, -0.1) is 0 Å². The Bertz CT molecular complexity index is 940. The molecule has 2 aromatic rings. The van der Waals surface area contributed by atoms with Gasteiger partial charge in [0.05, 0.1) is 15.7 Å². The third-order valence-electron chi connectivity index (χ3n) is 3.19. The molecule has 0 aliphatic heterocycles. The second-order valence-corrected chi connectivity index (χ2v) is 7.14. The fourth-order valence-corrected chi connectivity index (χ4v) is 2.42. The van der Waals surface area contributed by atoms with Gasteiger partial charge in [0.25, 0.3) is 5.91 Å². The van der Waals surface area contributed by atoms with Crippen molar-refractivity contribution in [3.8, 4) is 5.75 Å². The van der Waals surface area contributed by atoms with Gasteiger partial charge in [-0.05, 0) is 18.2 Å². The number of hydrogen-bond donors (Lipinski definition) is 2. The van der Waals surface area contributed by atoms with E-state index in [2.05, 4.69) is 10.1 Å². The lowest BCUT2D eigenvalue weighted by molar-refractivity contribution is -0.163. The number of urea groups is 1. The number of anilines is 1. The van der Waals surface area contributed by atoms with Crippen molar-refractivity contribution in [2.75, 3.05) is 5.32 Å². The number of benzene rings is 2. The first-order chi connectivity index (χ1) is 13.4. The van der Waals surface area contributed by atoms with Crippen molar-refractivity contribution < 1.29 is 31.9 Å². The lowest BCUT2D eigenvalue weighted by Crippen LogP contribution is -2.35. The molecule has 156 valence electrons. The van der Waals surface area contributed by atoms with Gasteiger partial charge in [-0.25, -0.2) is 13.6 Å². The molecule has 0 spiro atoms. The van der Waals surface area contributed by atoms with Crippen LogP contribution in [-0.2, 0) is 0 Å². The molecule has 0 saturated carbocycles. The van der Waals surface area contributed by atoms with Gasteiger partial charge in [-0.1, -0.05) is 52.5 Å². The highest BCUT2D eigenvalue weighted by molar-refractivity contribution is 6.45. The van der Waals surface area contributed by atoms with Crippen molar-refractivity contribution in [3.05, 3.63) is 57.6 Å². The highest BCUT2D eigenvalue weighted by Gasteiger charge is 2.41. The smallest absolute Gasteiger partial charge is 0.428 e. The number of alkyl halides is 4. The van der Waals surface area contributed by atoms with Crippen LogP contribution in [0, 0.1) is 11.6 Å². The Balaban J connectivity index is 2.15. The molecule has 0 bridgehead atoms. The van der Waals surface area contributed by atoms with Crippen LogP contribution < -0.4 is 15.4 Å². The van der Waals surface area contributed by atoms with Crippen LogP contribution in [0.2, 0.25) is 10.0 Å². The van der Waals surface area contributed by atoms with E-state index in [-0.39, 0.29) is 10.7 Å². The fraction of sp³-hybridized carbons (Fsp3) is 0.125. The number of imide groups is 1. The quantitative estimate of drug-likeness (QED) is 0.396. The zero-order chi connectivity index (χ0) is 21.9. The van der Waals surface area contributed by atoms with Gasteiger partial charge in [0, 0.05) is 6.07 Å². The Kier molecular flexibility index (Phi) is 7.45. The molecule has 0 aliphatic carbocycles. The summed E-state index contributed by atoms with van der Waals surface area (Å²) in [5.74, 6) is -4.33. The van der Waals surface area contributed by atoms with E-state index in [1.54, 1.807) is 5.32 Å². The minimum Gasteiger partial charge on any atom is -0.429 e. The number of amides is 3. The maximum Gasteiger partial charge on any atom is 0.428 e. The summed E-state index contributed by atoms with van der Waals surface area (Å²) >= 11 is 21.9. The molecule has 13 heteroatoms. The van der Waals surface area contributed by atoms with Crippen molar-refractivity contribution in [3.63, 3.8) is 0 Å². The second-order valence-electron chi connectivity index (χ2n) is 5.23. The van der Waals surface area contributed by atoms with Gasteiger partial charge in [-0.3, -0.25) is 10.1 Å². The van der Waals surface area contributed by atoms with Crippen LogP contribution in [0.25, 0.3) is 0 Å². The van der Waals surface area contributed by atoms with Gasteiger partial charge in [-0.2, -0.15) is 8.78 Å². The molecular formula is C16H8Cl4F4N2O3. The number of carbonyl (C=O) groups is 2. The van der Waals surface area contributed by atoms with E-state index < -0.39 is 50.9 Å². The van der Waals surface area contributed by atoms with Crippen molar-refractivity contribution in [2.24, 2.45) is 0 Å². The molecule has 0 heterocycles. The first kappa shape index (κ1) is 23.3. The van der Waals surface area contributed by atoms with E-state index >= 15 is 0 Å². The van der Waals surface area contributed by atoms with Crippen LogP contribution in [0.15, 0.2) is 30.3 Å². The first-order valence-electron chi connectivity index (χ1n) is 7.32. The Morgan fingerprint density at radius 1 is 1.03 bits per heavy atom. The van der Waals surface area contributed by atoms with E-state index in [0.717, 1.165) is 30.3 Å². The van der Waals surface area contributed by atoms with Crippen LogP contribution in [0.5, 0.6) is 5.75 Å². The van der Waals surface area contributed by atoms with E-state index in [9.17, 15) is 27.2 Å². The maximum atomic E-state index is 13.6. The summed E-state index contributed by atoms with van der Waals surface area (Å²) in [7, 11) is 0. The first-order valence-corrected chi connectivity index (χ1v) is 8.95. The van der Waals surface area contributed by atoms with Crippen LogP contribution >= 0.6 is 46.4 Å². The summed E-state index contributed by atoms with van der Waals surface area (Å²) in [6.07, 6.45) is -3.99. The van der Waals surface area contributed by atoms with Gasteiger partial charge in [0.1, 0.15) is 22.9 Å². The predicted molar refractivity (Wildman–Crippen MR) is 100 cm³/mol. The van der Waals surface area contributed by atoms with Gasteiger partial charge in [0.2, 0.25) is 4.84 Å². The average molecular weight is 494 g/mol. The largest absolute Gasteiger partial charge is 0.429 e. The van der Waals surface area contributed by atoms with Crippen LogP contribution in [0.3, 0.4) is 0 Å². The topological polar surface area (TPSA) is 67.4 Å². The molecule has 0 aliphatic rings. The summed E-state index contributed by atoms with van der Waals surface area (Å²) in [6, 6.07) is 3.23. The Hall–Kier alpha value is -1.94. The zero-order valence-electron chi connectivity index (χ0n) is 13.7. The van der Waals surface area contributed by atoms with E-state index in [0.29, 0.717) is 0 Å². The summed E-state index contributed by atoms with van der Waals surface area (Å²) in [5.41, 5.74) is -1.20. The number of rotatable bonds is 5. The number of ether oxygens (including phenoxy) is 1. The number of nitrogens with one attached hydrogen (secondary N) is 2. The van der Waals surface area contributed by atoms with Crippen LogP contribution in [0.4, 0.5) is 28.0 Å².